The Balaban J connectivity index is 1.83. The Morgan fingerprint density at radius 1 is 1.10 bits per heavy atom. The first kappa shape index (κ1) is 14.4. The Labute approximate surface area is 131 Å². The molecule has 108 valence electrons. The Morgan fingerprint density at radius 3 is 2.33 bits per heavy atom. The fourth-order valence-electron chi connectivity index (χ4n) is 2.37. The van der Waals surface area contributed by atoms with Crippen LogP contribution in [0.3, 0.4) is 0 Å². The molecule has 0 radical (unpaired) electrons. The van der Waals surface area contributed by atoms with Gasteiger partial charge >= 0.3 is 0 Å². The summed E-state index contributed by atoms with van der Waals surface area (Å²) in [6.07, 6.45) is 1.49. The van der Waals surface area contributed by atoms with Crippen LogP contribution in [0.15, 0.2) is 42.5 Å². The number of benzene rings is 2. The van der Waals surface area contributed by atoms with Crippen molar-refractivity contribution in [2.45, 2.75) is 18.3 Å². The minimum Gasteiger partial charge on any atom is -0.324 e. The van der Waals surface area contributed by atoms with E-state index in [2.05, 4.69) is 5.32 Å². The van der Waals surface area contributed by atoms with Crippen LogP contribution in [0.2, 0.25) is 10.0 Å². The summed E-state index contributed by atoms with van der Waals surface area (Å²) < 4.78 is 13.0. The summed E-state index contributed by atoms with van der Waals surface area (Å²) in [6.45, 7) is 0. The fourth-order valence-corrected chi connectivity index (χ4v) is 2.83. The van der Waals surface area contributed by atoms with E-state index >= 15 is 0 Å². The second kappa shape index (κ2) is 5.32. The number of carbonyl (C=O) groups is 1. The average Bonchev–Trinajstić information content (AvgIpc) is 3.24. The van der Waals surface area contributed by atoms with Crippen molar-refractivity contribution in [1.29, 1.82) is 0 Å². The van der Waals surface area contributed by atoms with Crippen molar-refractivity contribution in [2.24, 2.45) is 0 Å². The summed E-state index contributed by atoms with van der Waals surface area (Å²) in [7, 11) is 0. The van der Waals surface area contributed by atoms with Gasteiger partial charge < -0.3 is 5.32 Å². The molecule has 0 aromatic heterocycles. The molecular formula is C16H12Cl2FNO. The van der Waals surface area contributed by atoms with Gasteiger partial charge in [-0.1, -0.05) is 35.3 Å². The summed E-state index contributed by atoms with van der Waals surface area (Å²) in [5.74, 6) is -0.436. The number of hydrogen-bond donors (Lipinski definition) is 1. The molecule has 0 spiro atoms. The molecule has 2 aromatic rings. The minimum atomic E-state index is -0.573. The predicted molar refractivity (Wildman–Crippen MR) is 82.4 cm³/mol. The molecule has 0 saturated heterocycles. The molecule has 2 aromatic carbocycles. The highest BCUT2D eigenvalue weighted by Crippen LogP contribution is 2.49. The molecule has 0 aliphatic heterocycles. The topological polar surface area (TPSA) is 29.1 Å². The maximum atomic E-state index is 13.0. The SMILES string of the molecule is O=C(Nc1ccc(Cl)cc1Cl)C1(c2ccc(F)cc2)CC1. The number of amides is 1. The van der Waals surface area contributed by atoms with Gasteiger partial charge in [0, 0.05) is 5.02 Å². The molecule has 0 heterocycles. The number of anilines is 1. The number of hydrogen-bond acceptors (Lipinski definition) is 1. The van der Waals surface area contributed by atoms with Gasteiger partial charge in [-0.25, -0.2) is 4.39 Å². The third-order valence-corrected chi connectivity index (χ3v) is 4.31. The highest BCUT2D eigenvalue weighted by atomic mass is 35.5. The highest BCUT2D eigenvalue weighted by molar-refractivity contribution is 6.36. The van der Waals surface area contributed by atoms with Gasteiger partial charge in [-0.05, 0) is 48.7 Å². The zero-order chi connectivity index (χ0) is 15.0. The maximum absolute atomic E-state index is 13.0. The van der Waals surface area contributed by atoms with Crippen LogP contribution in [-0.2, 0) is 10.2 Å². The van der Waals surface area contributed by atoms with Crippen LogP contribution in [0.4, 0.5) is 10.1 Å². The second-order valence-corrected chi connectivity index (χ2v) is 6.01. The van der Waals surface area contributed by atoms with Gasteiger partial charge in [-0.15, -0.1) is 0 Å². The molecule has 0 bridgehead atoms. The van der Waals surface area contributed by atoms with Crippen LogP contribution >= 0.6 is 23.2 Å². The van der Waals surface area contributed by atoms with Crippen molar-refractivity contribution in [3.05, 3.63) is 63.9 Å². The first-order valence-corrected chi connectivity index (χ1v) is 7.29. The van der Waals surface area contributed by atoms with Crippen molar-refractivity contribution in [3.8, 4) is 0 Å². The first-order chi connectivity index (χ1) is 10.0. The van der Waals surface area contributed by atoms with Gasteiger partial charge in [-0.2, -0.15) is 0 Å². The van der Waals surface area contributed by atoms with Crippen molar-refractivity contribution in [2.75, 3.05) is 5.32 Å². The van der Waals surface area contributed by atoms with Gasteiger partial charge in [0.15, 0.2) is 0 Å². The van der Waals surface area contributed by atoms with Crippen LogP contribution in [0, 0.1) is 5.82 Å². The van der Waals surface area contributed by atoms with Crippen molar-refractivity contribution in [1.82, 2.24) is 0 Å². The summed E-state index contributed by atoms with van der Waals surface area (Å²) in [6, 6.07) is 11.0. The lowest BCUT2D eigenvalue weighted by Crippen LogP contribution is -2.27. The van der Waals surface area contributed by atoms with Crippen LogP contribution < -0.4 is 5.32 Å². The zero-order valence-electron chi connectivity index (χ0n) is 11.0. The Bertz CT molecular complexity index is 696. The standard InChI is InChI=1S/C16H12Cl2FNO/c17-11-3-6-14(13(18)9-11)20-15(21)16(7-8-16)10-1-4-12(19)5-2-10/h1-6,9H,7-8H2,(H,20,21). The smallest absolute Gasteiger partial charge is 0.235 e. The Kier molecular flexibility index (Phi) is 3.64. The summed E-state index contributed by atoms with van der Waals surface area (Å²) in [4.78, 5) is 12.5. The molecular weight excluding hydrogens is 312 g/mol. The summed E-state index contributed by atoms with van der Waals surface area (Å²) in [5, 5.41) is 3.74. The molecule has 2 nitrogen and oxygen atoms in total. The van der Waals surface area contributed by atoms with Gasteiger partial charge in [-0.3, -0.25) is 4.79 Å². The quantitative estimate of drug-likeness (QED) is 0.863. The summed E-state index contributed by atoms with van der Waals surface area (Å²) in [5.41, 5.74) is 0.780. The number of carbonyl (C=O) groups excluding carboxylic acids is 1. The largest absolute Gasteiger partial charge is 0.324 e. The molecule has 1 N–H and O–H groups in total. The number of halogens is 3. The Morgan fingerprint density at radius 2 is 1.76 bits per heavy atom. The Hall–Kier alpha value is -1.58. The lowest BCUT2D eigenvalue weighted by Gasteiger charge is -2.16. The molecule has 1 aliphatic rings. The van der Waals surface area contributed by atoms with E-state index in [9.17, 15) is 9.18 Å². The minimum absolute atomic E-state index is 0.127. The molecule has 21 heavy (non-hydrogen) atoms. The van der Waals surface area contributed by atoms with Crippen molar-refractivity contribution >= 4 is 34.8 Å². The lowest BCUT2D eigenvalue weighted by atomic mass is 9.95. The van der Waals surface area contributed by atoms with E-state index in [1.807, 2.05) is 0 Å². The van der Waals surface area contributed by atoms with E-state index in [1.165, 1.54) is 12.1 Å². The number of rotatable bonds is 3. The van der Waals surface area contributed by atoms with Crippen molar-refractivity contribution < 1.29 is 9.18 Å². The predicted octanol–water partition coefficient (Wildman–Crippen LogP) is 4.80. The molecule has 5 heteroatoms. The second-order valence-electron chi connectivity index (χ2n) is 5.17. The van der Waals surface area contributed by atoms with E-state index in [0.717, 1.165) is 18.4 Å². The molecule has 3 rings (SSSR count). The van der Waals surface area contributed by atoms with Crippen LogP contribution in [-0.4, -0.2) is 5.91 Å². The van der Waals surface area contributed by atoms with E-state index in [0.29, 0.717) is 15.7 Å². The van der Waals surface area contributed by atoms with Gasteiger partial charge in [0.2, 0.25) is 5.91 Å². The highest BCUT2D eigenvalue weighted by Gasteiger charge is 2.51. The summed E-state index contributed by atoms with van der Waals surface area (Å²) >= 11 is 11.9. The average molecular weight is 324 g/mol. The third kappa shape index (κ3) is 2.76. The molecule has 0 atom stereocenters. The van der Waals surface area contributed by atoms with Crippen LogP contribution in [0.1, 0.15) is 18.4 Å². The fraction of sp³-hybridized carbons (Fsp3) is 0.188. The van der Waals surface area contributed by atoms with Gasteiger partial charge in [0.25, 0.3) is 0 Å². The molecule has 0 unspecified atom stereocenters. The van der Waals surface area contributed by atoms with Crippen LogP contribution in [0.5, 0.6) is 0 Å². The normalized spacial score (nSPS) is 15.6. The van der Waals surface area contributed by atoms with E-state index < -0.39 is 5.41 Å². The van der Waals surface area contributed by atoms with Crippen LogP contribution in [0.25, 0.3) is 0 Å². The van der Waals surface area contributed by atoms with E-state index in [4.69, 9.17) is 23.2 Å². The maximum Gasteiger partial charge on any atom is 0.235 e. The molecule has 1 aliphatic carbocycles. The van der Waals surface area contributed by atoms with Gasteiger partial charge in [0.1, 0.15) is 5.82 Å². The van der Waals surface area contributed by atoms with Gasteiger partial charge in [0.05, 0.1) is 16.1 Å². The molecule has 1 saturated carbocycles. The molecule has 1 fully saturated rings. The third-order valence-electron chi connectivity index (χ3n) is 3.76. The lowest BCUT2D eigenvalue weighted by molar-refractivity contribution is -0.118. The van der Waals surface area contributed by atoms with E-state index in [1.54, 1.807) is 30.3 Å². The monoisotopic (exact) mass is 323 g/mol. The molecule has 1 amide bonds. The number of nitrogens with one attached hydrogen (secondary N) is 1. The van der Waals surface area contributed by atoms with E-state index in [-0.39, 0.29) is 11.7 Å². The zero-order valence-corrected chi connectivity index (χ0v) is 12.5. The first-order valence-electron chi connectivity index (χ1n) is 6.54. The van der Waals surface area contributed by atoms with Crippen molar-refractivity contribution in [3.63, 3.8) is 0 Å².